The van der Waals surface area contributed by atoms with Crippen molar-refractivity contribution in [3.8, 4) is 11.5 Å². The van der Waals surface area contributed by atoms with Crippen LogP contribution in [0.1, 0.15) is 66.2 Å². The molecule has 0 spiro atoms. The van der Waals surface area contributed by atoms with Gasteiger partial charge < -0.3 is 4.74 Å². The topological polar surface area (TPSA) is 43.4 Å². The monoisotopic (exact) mass is 494 g/mol. The van der Waals surface area contributed by atoms with E-state index in [2.05, 4.69) is 27.7 Å². The van der Waals surface area contributed by atoms with E-state index in [0.29, 0.717) is 0 Å². The summed E-state index contributed by atoms with van der Waals surface area (Å²) in [6.45, 7) is 8.50. The zero-order chi connectivity index (χ0) is 24.6. The summed E-state index contributed by atoms with van der Waals surface area (Å²) in [6, 6.07) is 15.6. The molecule has 0 fully saturated rings. The third-order valence-electron chi connectivity index (χ3n) is 6.75. The second-order valence-corrected chi connectivity index (χ2v) is 19.7. The molecule has 5 heteroatoms. The van der Waals surface area contributed by atoms with Crippen molar-refractivity contribution < 1.29 is 13.2 Å². The summed E-state index contributed by atoms with van der Waals surface area (Å²) in [6.07, 6.45) is 9.81. The van der Waals surface area contributed by atoms with Crippen LogP contribution in [0.25, 0.3) is 0 Å². The summed E-state index contributed by atoms with van der Waals surface area (Å²) in [7, 11) is -5.71. The largest absolute Gasteiger partial charge is 0.457 e. The first-order chi connectivity index (χ1) is 15.5. The van der Waals surface area contributed by atoms with Gasteiger partial charge in [0.1, 0.15) is 11.5 Å². The molecule has 2 aromatic carbocycles. The zero-order valence-corrected chi connectivity index (χ0v) is 23.4. The summed E-state index contributed by atoms with van der Waals surface area (Å²) in [5.41, 5.74) is 0. The molecular weight excluding hydrogens is 448 g/mol. The molecule has 33 heavy (non-hydrogen) atoms. The lowest BCUT2D eigenvalue weighted by Crippen LogP contribution is -2.38. The highest BCUT2D eigenvalue weighted by molar-refractivity contribution is 8.19. The molecule has 0 aliphatic heterocycles. The van der Waals surface area contributed by atoms with Gasteiger partial charge in [0.2, 0.25) is 0 Å². The van der Waals surface area contributed by atoms with Gasteiger partial charge >= 0.3 is 0 Å². The van der Waals surface area contributed by atoms with Crippen LogP contribution in [0.4, 0.5) is 0 Å². The average molecular weight is 495 g/mol. The zero-order valence-electron chi connectivity index (χ0n) is 21.7. The Kier molecular flexibility index (Phi) is 9.14. The van der Waals surface area contributed by atoms with E-state index in [9.17, 15) is 8.42 Å². The molecule has 0 N–H and O–H groups in total. The number of hydrogen-bond donors (Lipinski definition) is 0. The minimum atomic E-state index is -2.86. The van der Waals surface area contributed by atoms with Gasteiger partial charge in [0, 0.05) is 32.8 Å². The van der Waals surface area contributed by atoms with Crippen LogP contribution < -0.4 is 4.74 Å². The lowest BCUT2D eigenvalue weighted by atomic mass is 10.3. The quantitative estimate of drug-likeness (QED) is 0.273. The highest BCUT2D eigenvalue weighted by Gasteiger charge is 2.33. The lowest BCUT2D eigenvalue weighted by Gasteiger charge is -2.39. The molecule has 0 unspecified atom stereocenters. The van der Waals surface area contributed by atoms with Gasteiger partial charge in [-0.15, -0.1) is 0 Å². The molecular formula is C28H46O3S2. The van der Waals surface area contributed by atoms with Crippen molar-refractivity contribution in [2.24, 2.45) is 0 Å². The van der Waals surface area contributed by atoms with E-state index in [1.54, 1.807) is 0 Å². The van der Waals surface area contributed by atoms with Crippen molar-refractivity contribution in [3.05, 3.63) is 48.5 Å². The fraction of sp³-hybridized carbons (Fsp3) is 0.571. The van der Waals surface area contributed by atoms with E-state index in [1.807, 2.05) is 61.0 Å². The third-order valence-corrected chi connectivity index (χ3v) is 15.6. The van der Waals surface area contributed by atoms with Gasteiger partial charge in [-0.3, -0.25) is 8.42 Å². The van der Waals surface area contributed by atoms with E-state index >= 15 is 0 Å². The molecule has 2 rings (SSSR count). The Hall–Kier alpha value is -1.46. The minimum Gasteiger partial charge on any atom is -0.457 e. The minimum absolute atomic E-state index is 0.724. The van der Waals surface area contributed by atoms with E-state index in [4.69, 9.17) is 4.74 Å². The maximum absolute atomic E-state index is 14.0. The van der Waals surface area contributed by atoms with Crippen molar-refractivity contribution in [2.45, 2.75) is 76.0 Å². The Bertz CT molecular complexity index is 941. The van der Waals surface area contributed by atoms with E-state index in [0.717, 1.165) is 82.8 Å². The van der Waals surface area contributed by atoms with Gasteiger partial charge in [-0.2, -0.15) is 0 Å². The Morgan fingerprint density at radius 3 is 1.15 bits per heavy atom. The predicted octanol–water partition coefficient (Wildman–Crippen LogP) is 7.52. The van der Waals surface area contributed by atoms with Crippen LogP contribution in [-0.4, -0.2) is 43.9 Å². The van der Waals surface area contributed by atoms with Gasteiger partial charge in [-0.1, -0.05) is 58.7 Å². The standard InChI is InChI=1S/C28H46O3S2/c1-7-11-23-32(5,29,21-9-3)27-17-13-25(14-18-27)31-26-15-19-28(20-16-26)33(6,30,22-10-4)24-12-8-2/h13-20H,7-12,21-24H2,1-6H3. The molecule has 3 nitrogen and oxygen atoms in total. The molecule has 0 radical (unpaired) electrons. The van der Waals surface area contributed by atoms with Crippen molar-refractivity contribution in [3.63, 3.8) is 0 Å². The van der Waals surface area contributed by atoms with Crippen molar-refractivity contribution in [1.82, 2.24) is 0 Å². The highest BCUT2D eigenvalue weighted by atomic mass is 32.3. The Labute approximate surface area is 202 Å². The molecule has 0 saturated heterocycles. The molecule has 0 aromatic heterocycles. The normalized spacial score (nSPS) is 14.7. The number of unbranched alkanes of at least 4 members (excludes halogenated alkanes) is 2. The first-order valence-electron chi connectivity index (χ1n) is 12.6. The second kappa shape index (κ2) is 10.9. The van der Waals surface area contributed by atoms with E-state index in [1.165, 1.54) is 0 Å². The summed E-state index contributed by atoms with van der Waals surface area (Å²) in [5.74, 6) is 4.40. The van der Waals surface area contributed by atoms with Crippen molar-refractivity contribution in [2.75, 3.05) is 35.5 Å². The van der Waals surface area contributed by atoms with Crippen LogP contribution in [-0.2, 0) is 18.1 Å². The highest BCUT2D eigenvalue weighted by Crippen LogP contribution is 2.38. The predicted molar refractivity (Wildman–Crippen MR) is 147 cm³/mol. The summed E-state index contributed by atoms with van der Waals surface area (Å²) in [5, 5.41) is 0. The number of benzene rings is 2. The third kappa shape index (κ3) is 6.79. The Balaban J connectivity index is 2.23. The second-order valence-electron chi connectivity index (χ2n) is 10.1. The van der Waals surface area contributed by atoms with Crippen LogP contribution in [0, 0.1) is 0 Å². The van der Waals surface area contributed by atoms with E-state index in [-0.39, 0.29) is 0 Å². The molecule has 0 aliphatic carbocycles. The van der Waals surface area contributed by atoms with Gasteiger partial charge in [0.15, 0.2) is 0 Å². The lowest BCUT2D eigenvalue weighted by molar-refractivity contribution is 0.481. The SMILES string of the molecule is CCCCS(C)(=O)(CCC)c1ccc(Oc2ccc(S(C)(=O)(CCC)CCCC)cc2)cc1. The number of hydrogen-bond acceptors (Lipinski definition) is 3. The van der Waals surface area contributed by atoms with Crippen LogP contribution in [0.15, 0.2) is 58.3 Å². The van der Waals surface area contributed by atoms with Crippen LogP contribution in [0.5, 0.6) is 11.5 Å². The van der Waals surface area contributed by atoms with Gasteiger partial charge in [0.25, 0.3) is 0 Å². The molecule has 0 heterocycles. The first kappa shape index (κ1) is 27.8. The van der Waals surface area contributed by atoms with Crippen molar-refractivity contribution in [1.29, 1.82) is 0 Å². The molecule has 0 amide bonds. The van der Waals surface area contributed by atoms with Crippen LogP contribution >= 0.6 is 0 Å². The molecule has 188 valence electrons. The summed E-state index contributed by atoms with van der Waals surface area (Å²) in [4.78, 5) is 1.88. The van der Waals surface area contributed by atoms with E-state index < -0.39 is 18.1 Å². The maximum Gasteiger partial charge on any atom is 0.127 e. The first-order valence-corrected chi connectivity index (χ1v) is 18.0. The Morgan fingerprint density at radius 2 is 0.879 bits per heavy atom. The van der Waals surface area contributed by atoms with Crippen molar-refractivity contribution >= 4 is 18.1 Å². The van der Waals surface area contributed by atoms with Gasteiger partial charge in [-0.25, -0.2) is 0 Å². The number of rotatable bonds is 14. The summed E-state index contributed by atoms with van der Waals surface area (Å²) < 4.78 is 34.2. The van der Waals surface area contributed by atoms with Crippen LogP contribution in [0.2, 0.25) is 0 Å². The molecule has 0 bridgehead atoms. The van der Waals surface area contributed by atoms with Gasteiger partial charge in [0.05, 0.1) is 0 Å². The molecule has 0 aliphatic rings. The molecule has 0 saturated carbocycles. The maximum atomic E-state index is 14.0. The average Bonchev–Trinajstić information content (AvgIpc) is 2.78. The smallest absolute Gasteiger partial charge is 0.127 e. The fourth-order valence-electron chi connectivity index (χ4n) is 4.71. The molecule has 2 aromatic rings. The fourth-order valence-corrected chi connectivity index (χ4v) is 12.1. The molecule has 0 atom stereocenters. The van der Waals surface area contributed by atoms with Gasteiger partial charge in [-0.05, 0) is 86.7 Å². The number of ether oxygens (including phenoxy) is 1. The Morgan fingerprint density at radius 1 is 0.545 bits per heavy atom. The van der Waals surface area contributed by atoms with Crippen LogP contribution in [0.3, 0.4) is 0 Å². The summed E-state index contributed by atoms with van der Waals surface area (Å²) >= 11 is 0.